The van der Waals surface area contributed by atoms with Crippen molar-refractivity contribution in [2.24, 2.45) is 0 Å². The van der Waals surface area contributed by atoms with Crippen molar-refractivity contribution in [2.45, 2.75) is 25.6 Å². The van der Waals surface area contributed by atoms with Gasteiger partial charge in [-0.1, -0.05) is 12.2 Å². The predicted octanol–water partition coefficient (Wildman–Crippen LogP) is 0.992. The highest BCUT2D eigenvalue weighted by molar-refractivity contribution is 5.82. The summed E-state index contributed by atoms with van der Waals surface area (Å²) in [5, 5.41) is 10.1. The van der Waals surface area contributed by atoms with Crippen LogP contribution in [0.5, 0.6) is 0 Å². The van der Waals surface area contributed by atoms with Gasteiger partial charge in [-0.05, 0) is 13.3 Å². The number of carbonyl (C=O) groups excluding carboxylic acids is 1. The first-order valence-corrected chi connectivity index (χ1v) is 4.03. The normalized spacial score (nSPS) is 14.4. The molecule has 0 aliphatic rings. The van der Waals surface area contributed by atoms with Gasteiger partial charge in [0, 0.05) is 12.6 Å². The minimum absolute atomic E-state index is 0.0730. The quantitative estimate of drug-likeness (QED) is 0.681. The van der Waals surface area contributed by atoms with E-state index in [4.69, 9.17) is 5.11 Å². The third-order valence-electron chi connectivity index (χ3n) is 1.34. The molecular weight excluding hydrogens is 199 g/mol. The van der Waals surface area contributed by atoms with Crippen LogP contribution in [0.15, 0.2) is 12.2 Å². The first-order valence-electron chi connectivity index (χ1n) is 4.03. The maximum Gasteiger partial charge on any atom is 0.471 e. The number of nitrogens with one attached hydrogen (secondary N) is 1. The molecule has 0 aliphatic heterocycles. The number of alkyl halides is 3. The number of aliphatic hydroxyl groups is 1. The minimum Gasteiger partial charge on any atom is -0.396 e. The predicted molar refractivity (Wildman–Crippen MR) is 44.5 cm³/mol. The summed E-state index contributed by atoms with van der Waals surface area (Å²) in [4.78, 5) is 10.4. The summed E-state index contributed by atoms with van der Waals surface area (Å²) in [7, 11) is 0. The highest BCUT2D eigenvalue weighted by Crippen LogP contribution is 2.14. The monoisotopic (exact) mass is 211 g/mol. The molecule has 0 aliphatic carbocycles. The summed E-state index contributed by atoms with van der Waals surface area (Å²) in [6.45, 7) is 1.34. The van der Waals surface area contributed by atoms with E-state index in [9.17, 15) is 18.0 Å². The average Bonchev–Trinajstić information content (AvgIpc) is 2.03. The van der Waals surface area contributed by atoms with E-state index in [2.05, 4.69) is 0 Å². The van der Waals surface area contributed by atoms with E-state index >= 15 is 0 Å². The van der Waals surface area contributed by atoms with Crippen molar-refractivity contribution in [1.82, 2.24) is 5.32 Å². The molecule has 6 heteroatoms. The Labute approximate surface area is 79.6 Å². The van der Waals surface area contributed by atoms with Crippen molar-refractivity contribution in [3.05, 3.63) is 12.2 Å². The van der Waals surface area contributed by atoms with Crippen LogP contribution >= 0.6 is 0 Å². The SMILES string of the molecule is C[C@@H](/C=C/CCO)NC(=O)C(F)(F)F. The third kappa shape index (κ3) is 5.58. The van der Waals surface area contributed by atoms with E-state index in [0.717, 1.165) is 0 Å². The van der Waals surface area contributed by atoms with Crippen molar-refractivity contribution < 1.29 is 23.1 Å². The van der Waals surface area contributed by atoms with Gasteiger partial charge in [0.1, 0.15) is 0 Å². The largest absolute Gasteiger partial charge is 0.471 e. The summed E-state index contributed by atoms with van der Waals surface area (Å²) >= 11 is 0. The van der Waals surface area contributed by atoms with Crippen molar-refractivity contribution in [3.63, 3.8) is 0 Å². The smallest absolute Gasteiger partial charge is 0.396 e. The zero-order valence-corrected chi connectivity index (χ0v) is 7.64. The van der Waals surface area contributed by atoms with Crippen LogP contribution in [-0.2, 0) is 4.79 Å². The van der Waals surface area contributed by atoms with Crippen LogP contribution in [0.3, 0.4) is 0 Å². The Hall–Kier alpha value is -1.04. The lowest BCUT2D eigenvalue weighted by molar-refractivity contribution is -0.173. The topological polar surface area (TPSA) is 49.3 Å². The summed E-state index contributed by atoms with van der Waals surface area (Å²) < 4.78 is 35.2. The molecule has 0 rings (SSSR count). The Bertz CT molecular complexity index is 213. The molecule has 0 spiro atoms. The van der Waals surface area contributed by atoms with Crippen LogP contribution in [0, 0.1) is 0 Å². The van der Waals surface area contributed by atoms with Gasteiger partial charge in [-0.3, -0.25) is 4.79 Å². The molecule has 0 saturated heterocycles. The summed E-state index contributed by atoms with van der Waals surface area (Å²) in [6.07, 6.45) is -1.60. The molecule has 0 bridgehead atoms. The Morgan fingerprint density at radius 2 is 2.14 bits per heavy atom. The first-order chi connectivity index (χ1) is 6.38. The summed E-state index contributed by atoms with van der Waals surface area (Å²) in [5.74, 6) is -1.96. The van der Waals surface area contributed by atoms with E-state index in [1.807, 2.05) is 0 Å². The number of aliphatic hydroxyl groups excluding tert-OH is 1. The number of rotatable bonds is 4. The van der Waals surface area contributed by atoms with Gasteiger partial charge < -0.3 is 10.4 Å². The second-order valence-electron chi connectivity index (χ2n) is 2.70. The molecule has 0 unspecified atom stereocenters. The van der Waals surface area contributed by atoms with Gasteiger partial charge in [0.05, 0.1) is 0 Å². The van der Waals surface area contributed by atoms with Gasteiger partial charge in [0.25, 0.3) is 0 Å². The molecule has 0 heterocycles. The number of carbonyl (C=O) groups is 1. The molecule has 0 aromatic carbocycles. The van der Waals surface area contributed by atoms with Crippen LogP contribution in [0.25, 0.3) is 0 Å². The van der Waals surface area contributed by atoms with Gasteiger partial charge in [-0.15, -0.1) is 0 Å². The Balaban J connectivity index is 3.95. The standard InChI is InChI=1S/C8H12F3NO2/c1-6(4-2-3-5-13)12-7(14)8(9,10)11/h2,4,6,13H,3,5H2,1H3,(H,12,14)/b4-2+/t6-/m0/s1. The van der Waals surface area contributed by atoms with Crippen molar-refractivity contribution >= 4 is 5.91 Å². The molecule has 0 saturated carbocycles. The van der Waals surface area contributed by atoms with Crippen LogP contribution < -0.4 is 5.32 Å². The molecule has 82 valence electrons. The molecule has 0 fully saturated rings. The lowest BCUT2D eigenvalue weighted by atomic mass is 10.2. The molecule has 0 aromatic rings. The van der Waals surface area contributed by atoms with Gasteiger partial charge in [0.2, 0.25) is 0 Å². The maximum atomic E-state index is 11.7. The van der Waals surface area contributed by atoms with Crippen LogP contribution in [0.1, 0.15) is 13.3 Å². The van der Waals surface area contributed by atoms with E-state index in [1.54, 1.807) is 5.32 Å². The molecule has 14 heavy (non-hydrogen) atoms. The summed E-state index contributed by atoms with van der Waals surface area (Å²) in [6, 6.07) is -0.698. The minimum atomic E-state index is -4.85. The molecule has 0 aromatic heterocycles. The van der Waals surface area contributed by atoms with Crippen LogP contribution in [-0.4, -0.2) is 29.8 Å². The molecule has 3 nitrogen and oxygen atoms in total. The summed E-state index contributed by atoms with van der Waals surface area (Å²) in [5.41, 5.74) is 0. The van der Waals surface area contributed by atoms with Crippen LogP contribution in [0.2, 0.25) is 0 Å². The van der Waals surface area contributed by atoms with Gasteiger partial charge in [-0.25, -0.2) is 0 Å². The fourth-order valence-electron chi connectivity index (χ4n) is 0.712. The van der Waals surface area contributed by atoms with Crippen molar-refractivity contribution in [2.75, 3.05) is 6.61 Å². The van der Waals surface area contributed by atoms with Crippen molar-refractivity contribution in [1.29, 1.82) is 0 Å². The number of hydrogen-bond donors (Lipinski definition) is 2. The zero-order valence-electron chi connectivity index (χ0n) is 7.64. The van der Waals surface area contributed by atoms with Crippen LogP contribution in [0.4, 0.5) is 13.2 Å². The Morgan fingerprint density at radius 3 is 2.57 bits per heavy atom. The fraction of sp³-hybridized carbons (Fsp3) is 0.625. The van der Waals surface area contributed by atoms with E-state index in [1.165, 1.54) is 19.1 Å². The molecule has 1 amide bonds. The first kappa shape index (κ1) is 13.0. The average molecular weight is 211 g/mol. The number of amides is 1. The maximum absolute atomic E-state index is 11.7. The third-order valence-corrected chi connectivity index (χ3v) is 1.34. The highest BCUT2D eigenvalue weighted by Gasteiger charge is 2.38. The van der Waals surface area contributed by atoms with E-state index in [0.29, 0.717) is 6.42 Å². The Kier molecular flexibility index (Phi) is 5.22. The van der Waals surface area contributed by atoms with E-state index in [-0.39, 0.29) is 6.61 Å². The van der Waals surface area contributed by atoms with Gasteiger partial charge in [-0.2, -0.15) is 13.2 Å². The highest BCUT2D eigenvalue weighted by atomic mass is 19.4. The molecule has 2 N–H and O–H groups in total. The number of hydrogen-bond acceptors (Lipinski definition) is 2. The molecule has 1 atom stereocenters. The molecular formula is C8H12F3NO2. The lowest BCUT2D eigenvalue weighted by Gasteiger charge is -2.11. The lowest BCUT2D eigenvalue weighted by Crippen LogP contribution is -2.41. The van der Waals surface area contributed by atoms with Gasteiger partial charge >= 0.3 is 12.1 Å². The zero-order chi connectivity index (χ0) is 11.2. The number of halogens is 3. The second kappa shape index (κ2) is 5.64. The van der Waals surface area contributed by atoms with Crippen molar-refractivity contribution in [3.8, 4) is 0 Å². The second-order valence-corrected chi connectivity index (χ2v) is 2.70. The van der Waals surface area contributed by atoms with Gasteiger partial charge in [0.15, 0.2) is 0 Å². The molecule has 0 radical (unpaired) electrons. The fourth-order valence-corrected chi connectivity index (χ4v) is 0.712. The van der Waals surface area contributed by atoms with E-state index < -0.39 is 18.1 Å². The Morgan fingerprint density at radius 1 is 1.57 bits per heavy atom.